The maximum absolute atomic E-state index is 14.0. The van der Waals surface area contributed by atoms with Gasteiger partial charge in [-0.25, -0.2) is 8.42 Å². The molecule has 0 amide bonds. The first-order valence-corrected chi connectivity index (χ1v) is 12.4. The molecule has 178 valence electrons. The first-order valence-electron chi connectivity index (χ1n) is 10.3. The fourth-order valence-electron chi connectivity index (χ4n) is 4.06. The lowest BCUT2D eigenvalue weighted by atomic mass is 9.99. The van der Waals surface area contributed by atoms with Crippen molar-refractivity contribution in [3.63, 3.8) is 0 Å². The van der Waals surface area contributed by atoms with Crippen molar-refractivity contribution in [2.75, 3.05) is 6.26 Å². The number of rotatable bonds is 5. The van der Waals surface area contributed by atoms with Crippen LogP contribution in [0.2, 0.25) is 0 Å². The Balaban J connectivity index is 2.06. The molecular weight excluding hydrogens is 467 g/mol. The van der Waals surface area contributed by atoms with E-state index in [1.807, 2.05) is 0 Å². The zero-order valence-electron chi connectivity index (χ0n) is 18.7. The zero-order valence-corrected chi connectivity index (χ0v) is 19.5. The minimum Gasteiger partial charge on any atom is -0.318 e. The number of nitrogens with zero attached hydrogens (tertiary/aromatic N) is 3. The van der Waals surface area contributed by atoms with Crippen LogP contribution in [0.15, 0.2) is 59.5 Å². The third-order valence-electron chi connectivity index (χ3n) is 5.49. The summed E-state index contributed by atoms with van der Waals surface area (Å²) < 4.78 is 68.9. The van der Waals surface area contributed by atoms with Crippen LogP contribution in [0.25, 0.3) is 22.0 Å². The number of aryl methyl sites for hydroxylation is 2. The number of hydrogen-bond donors (Lipinski definition) is 0. The van der Waals surface area contributed by atoms with Gasteiger partial charge in [0.25, 0.3) is 5.56 Å². The van der Waals surface area contributed by atoms with E-state index in [0.29, 0.717) is 16.7 Å². The molecule has 6 nitrogen and oxygen atoms in total. The number of pyridine rings is 1. The van der Waals surface area contributed by atoms with Crippen molar-refractivity contribution in [3.8, 4) is 11.1 Å². The molecule has 0 unspecified atom stereocenters. The number of halogens is 3. The lowest BCUT2D eigenvalue weighted by Gasteiger charge is -2.12. The van der Waals surface area contributed by atoms with Crippen molar-refractivity contribution in [2.24, 2.45) is 7.05 Å². The highest BCUT2D eigenvalue weighted by molar-refractivity contribution is 7.89. The molecular formula is C24H22F3N3O3S. The Morgan fingerprint density at radius 2 is 1.71 bits per heavy atom. The van der Waals surface area contributed by atoms with Crippen LogP contribution in [0.1, 0.15) is 22.4 Å². The van der Waals surface area contributed by atoms with Crippen molar-refractivity contribution in [3.05, 3.63) is 87.5 Å². The second kappa shape index (κ2) is 8.43. The van der Waals surface area contributed by atoms with Crippen LogP contribution >= 0.6 is 0 Å². The lowest BCUT2D eigenvalue weighted by Crippen LogP contribution is -2.18. The average molecular weight is 490 g/mol. The average Bonchev–Trinajstić information content (AvgIpc) is 3.10. The van der Waals surface area contributed by atoms with E-state index >= 15 is 0 Å². The van der Waals surface area contributed by atoms with E-state index in [0.717, 1.165) is 11.8 Å². The Hall–Kier alpha value is -3.40. The van der Waals surface area contributed by atoms with E-state index in [4.69, 9.17) is 0 Å². The number of hydrogen-bond acceptors (Lipinski definition) is 4. The second-order valence-electron chi connectivity index (χ2n) is 8.42. The fraction of sp³-hybridized carbons (Fsp3) is 0.250. The third kappa shape index (κ3) is 4.77. The van der Waals surface area contributed by atoms with Gasteiger partial charge in [0, 0.05) is 30.4 Å². The summed E-state index contributed by atoms with van der Waals surface area (Å²) in [5, 5.41) is 3.64. The van der Waals surface area contributed by atoms with Crippen LogP contribution < -0.4 is 5.56 Å². The quantitative estimate of drug-likeness (QED) is 0.419. The number of benzene rings is 2. The maximum Gasteiger partial charge on any atom is 0.435 e. The molecule has 4 rings (SSSR count). The first-order chi connectivity index (χ1) is 15.8. The first kappa shape index (κ1) is 23.7. The van der Waals surface area contributed by atoms with Crippen LogP contribution in [0.5, 0.6) is 0 Å². The smallest absolute Gasteiger partial charge is 0.318 e. The number of fused-ring (bicyclic) bond motifs is 1. The van der Waals surface area contributed by atoms with Crippen molar-refractivity contribution in [1.82, 2.24) is 14.3 Å². The number of alkyl halides is 3. The Kier molecular flexibility index (Phi) is 5.89. The minimum absolute atomic E-state index is 0.00754. The molecule has 0 bridgehead atoms. The molecule has 2 aromatic heterocycles. The maximum atomic E-state index is 14.0. The lowest BCUT2D eigenvalue weighted by molar-refractivity contribution is -0.140. The van der Waals surface area contributed by atoms with E-state index in [2.05, 4.69) is 5.10 Å². The van der Waals surface area contributed by atoms with Gasteiger partial charge in [-0.3, -0.25) is 9.48 Å². The van der Waals surface area contributed by atoms with E-state index < -0.39 is 27.5 Å². The molecule has 0 aliphatic carbocycles. The second-order valence-corrected chi connectivity index (χ2v) is 10.6. The Morgan fingerprint density at radius 1 is 1.03 bits per heavy atom. The largest absolute Gasteiger partial charge is 0.435 e. The molecule has 0 aliphatic heterocycles. The standard InChI is InChI=1S/C24H22F3N3O3S/c1-15-9-18(13-29(2)23(15)31)17-10-19(14-34(3,32)33)21-20(11-17)30(28-22(21)24(25,26)27)12-16-7-5-4-6-8-16/h4-11,13H,12,14H2,1-3H3. The van der Waals surface area contributed by atoms with Crippen LogP contribution in [0.3, 0.4) is 0 Å². The molecule has 0 N–H and O–H groups in total. The van der Waals surface area contributed by atoms with Gasteiger partial charge in [-0.15, -0.1) is 0 Å². The highest BCUT2D eigenvalue weighted by Crippen LogP contribution is 2.38. The molecule has 10 heteroatoms. The van der Waals surface area contributed by atoms with Gasteiger partial charge in [0.05, 0.1) is 17.8 Å². The Labute approximate surface area is 194 Å². The van der Waals surface area contributed by atoms with Gasteiger partial charge in [0.2, 0.25) is 0 Å². The van der Waals surface area contributed by atoms with E-state index in [1.54, 1.807) is 62.6 Å². The molecule has 2 heterocycles. The normalized spacial score (nSPS) is 12.4. The van der Waals surface area contributed by atoms with Gasteiger partial charge in [-0.05, 0) is 47.4 Å². The monoisotopic (exact) mass is 489 g/mol. The van der Waals surface area contributed by atoms with E-state index in [-0.39, 0.29) is 28.6 Å². The highest BCUT2D eigenvalue weighted by Gasteiger charge is 2.38. The fourth-order valence-corrected chi connectivity index (χ4v) is 4.85. The number of aromatic nitrogens is 3. The molecule has 0 radical (unpaired) electrons. The van der Waals surface area contributed by atoms with E-state index in [1.165, 1.54) is 15.3 Å². The molecule has 0 atom stereocenters. The summed E-state index contributed by atoms with van der Waals surface area (Å²) in [6.07, 6.45) is -2.23. The molecule has 0 fully saturated rings. The predicted molar refractivity (Wildman–Crippen MR) is 124 cm³/mol. The Morgan fingerprint density at radius 3 is 2.29 bits per heavy atom. The van der Waals surface area contributed by atoms with Gasteiger partial charge in [0.15, 0.2) is 15.5 Å². The highest BCUT2D eigenvalue weighted by atomic mass is 32.2. The molecule has 0 aliphatic rings. The van der Waals surface area contributed by atoms with E-state index in [9.17, 15) is 26.4 Å². The molecule has 2 aromatic carbocycles. The summed E-state index contributed by atoms with van der Waals surface area (Å²) in [5.74, 6) is -0.581. The SMILES string of the molecule is Cc1cc(-c2cc(CS(C)(=O)=O)c3c(C(F)(F)F)nn(Cc4ccccc4)c3c2)cn(C)c1=O. The van der Waals surface area contributed by atoms with Crippen molar-refractivity contribution < 1.29 is 21.6 Å². The third-order valence-corrected chi connectivity index (χ3v) is 6.33. The van der Waals surface area contributed by atoms with Gasteiger partial charge >= 0.3 is 6.18 Å². The number of sulfone groups is 1. The summed E-state index contributed by atoms with van der Waals surface area (Å²) in [4.78, 5) is 12.1. The van der Waals surface area contributed by atoms with Gasteiger partial charge in [-0.2, -0.15) is 18.3 Å². The Bertz CT molecular complexity index is 1530. The molecule has 34 heavy (non-hydrogen) atoms. The van der Waals surface area contributed by atoms with Gasteiger partial charge in [-0.1, -0.05) is 30.3 Å². The van der Waals surface area contributed by atoms with Crippen molar-refractivity contribution in [1.29, 1.82) is 0 Å². The topological polar surface area (TPSA) is 74.0 Å². The summed E-state index contributed by atoms with van der Waals surface area (Å²) in [5.41, 5.74) is 1.12. The molecule has 0 saturated heterocycles. The predicted octanol–water partition coefficient (Wildman–Crippen LogP) is 4.32. The summed E-state index contributed by atoms with van der Waals surface area (Å²) in [6, 6.07) is 13.5. The molecule has 4 aromatic rings. The van der Waals surface area contributed by atoms with Crippen molar-refractivity contribution >= 4 is 20.7 Å². The van der Waals surface area contributed by atoms with Crippen LogP contribution in [0, 0.1) is 6.92 Å². The van der Waals surface area contributed by atoms with Crippen LogP contribution in [0.4, 0.5) is 13.2 Å². The van der Waals surface area contributed by atoms with Crippen LogP contribution in [-0.2, 0) is 35.4 Å². The summed E-state index contributed by atoms with van der Waals surface area (Å²) in [6.45, 7) is 1.71. The zero-order chi connectivity index (χ0) is 24.8. The molecule has 0 saturated carbocycles. The molecule has 0 spiro atoms. The summed E-state index contributed by atoms with van der Waals surface area (Å²) >= 11 is 0. The van der Waals surface area contributed by atoms with Crippen LogP contribution in [-0.4, -0.2) is 29.0 Å². The van der Waals surface area contributed by atoms with Gasteiger partial charge < -0.3 is 4.57 Å². The van der Waals surface area contributed by atoms with Gasteiger partial charge in [0.1, 0.15) is 0 Å². The summed E-state index contributed by atoms with van der Waals surface area (Å²) in [7, 11) is -2.08. The van der Waals surface area contributed by atoms with Crippen molar-refractivity contribution in [2.45, 2.75) is 25.4 Å². The minimum atomic E-state index is -4.78.